The maximum Gasteiger partial charge on any atom is 0.433 e. The van der Waals surface area contributed by atoms with Crippen LogP contribution >= 0.6 is 0 Å². The van der Waals surface area contributed by atoms with E-state index in [0.717, 1.165) is 31.8 Å². The van der Waals surface area contributed by atoms with E-state index in [9.17, 15) is 13.2 Å². The molecule has 1 aliphatic rings. The molecule has 10 heteroatoms. The van der Waals surface area contributed by atoms with Gasteiger partial charge in [-0.1, -0.05) is 12.8 Å². The average Bonchev–Trinajstić information content (AvgIpc) is 2.95. The van der Waals surface area contributed by atoms with Crippen molar-refractivity contribution in [2.24, 2.45) is 4.99 Å². The van der Waals surface area contributed by atoms with Crippen LogP contribution in [0.5, 0.6) is 0 Å². The third-order valence-corrected chi connectivity index (χ3v) is 4.51. The third-order valence-electron chi connectivity index (χ3n) is 4.51. The van der Waals surface area contributed by atoms with Gasteiger partial charge in [-0.2, -0.15) is 13.2 Å². The lowest BCUT2D eigenvalue weighted by Gasteiger charge is -2.20. The van der Waals surface area contributed by atoms with Crippen LogP contribution in [0.2, 0.25) is 0 Å². The molecule has 1 aromatic rings. The highest BCUT2D eigenvalue weighted by atomic mass is 19.4. The summed E-state index contributed by atoms with van der Waals surface area (Å²) in [6.07, 6.45) is 2.92. The van der Waals surface area contributed by atoms with Crippen molar-refractivity contribution < 1.29 is 13.2 Å². The van der Waals surface area contributed by atoms with Crippen LogP contribution in [0.1, 0.15) is 37.8 Å². The van der Waals surface area contributed by atoms with Crippen molar-refractivity contribution in [1.82, 2.24) is 25.5 Å². The van der Waals surface area contributed by atoms with Crippen LogP contribution in [0.4, 0.5) is 19.1 Å². The number of anilines is 1. The van der Waals surface area contributed by atoms with E-state index < -0.39 is 11.9 Å². The fourth-order valence-electron chi connectivity index (χ4n) is 3.05. The molecule has 0 aliphatic carbocycles. The lowest BCUT2D eigenvalue weighted by atomic mass is 10.2. The number of likely N-dealkylation sites (tertiary alicyclic amines) is 1. The second-order valence-electron chi connectivity index (χ2n) is 6.73. The molecule has 2 heterocycles. The Morgan fingerprint density at radius 1 is 1.11 bits per heavy atom. The number of nitrogens with one attached hydrogen (secondary N) is 3. The number of guanidine groups is 1. The van der Waals surface area contributed by atoms with Crippen LogP contribution in [0.3, 0.4) is 0 Å². The first-order valence-corrected chi connectivity index (χ1v) is 9.80. The normalized spacial score (nSPS) is 16.5. The van der Waals surface area contributed by atoms with Crippen molar-refractivity contribution in [3.05, 3.63) is 18.0 Å². The van der Waals surface area contributed by atoms with Crippen LogP contribution in [-0.4, -0.2) is 67.1 Å². The monoisotopic (exact) mass is 401 g/mol. The summed E-state index contributed by atoms with van der Waals surface area (Å²) in [4.78, 5) is 13.9. The fraction of sp³-hybridized carbons (Fsp3) is 0.722. The first kappa shape index (κ1) is 22.2. The SMILES string of the molecule is CN=C(NCCCN1CCCCCC1)NCCNc1nccc(C(F)(F)F)n1. The van der Waals surface area contributed by atoms with Crippen LogP contribution in [0, 0.1) is 0 Å². The molecule has 1 aromatic heterocycles. The number of nitrogens with zero attached hydrogens (tertiary/aromatic N) is 4. The topological polar surface area (TPSA) is 77.5 Å². The summed E-state index contributed by atoms with van der Waals surface area (Å²) in [5.41, 5.74) is -0.958. The van der Waals surface area contributed by atoms with Gasteiger partial charge < -0.3 is 20.9 Å². The first-order valence-electron chi connectivity index (χ1n) is 9.80. The zero-order valence-electron chi connectivity index (χ0n) is 16.4. The van der Waals surface area contributed by atoms with Gasteiger partial charge in [0.1, 0.15) is 5.69 Å². The van der Waals surface area contributed by atoms with Gasteiger partial charge in [-0.3, -0.25) is 4.99 Å². The minimum Gasteiger partial charge on any atom is -0.356 e. The van der Waals surface area contributed by atoms with E-state index in [0.29, 0.717) is 19.0 Å². The van der Waals surface area contributed by atoms with Gasteiger partial charge >= 0.3 is 6.18 Å². The van der Waals surface area contributed by atoms with Gasteiger partial charge in [0.2, 0.25) is 5.95 Å². The Kier molecular flexibility index (Phi) is 9.26. The van der Waals surface area contributed by atoms with Gasteiger partial charge in [0.15, 0.2) is 5.96 Å². The smallest absolute Gasteiger partial charge is 0.356 e. The van der Waals surface area contributed by atoms with Gasteiger partial charge in [0.05, 0.1) is 0 Å². The standard InChI is InChI=1S/C18H30F3N7/c1-22-16(23-8-6-14-28-12-4-2-3-5-13-28)25-10-11-26-17-24-9-7-15(27-17)18(19,20)21/h7,9H,2-6,8,10-14H2,1H3,(H2,22,23,25)(H,24,26,27). The number of halogens is 3. The van der Waals surface area contributed by atoms with E-state index >= 15 is 0 Å². The third kappa shape index (κ3) is 8.28. The second-order valence-corrected chi connectivity index (χ2v) is 6.73. The summed E-state index contributed by atoms with van der Waals surface area (Å²) >= 11 is 0. The average molecular weight is 401 g/mol. The molecule has 0 aromatic carbocycles. The zero-order chi connectivity index (χ0) is 20.2. The lowest BCUT2D eigenvalue weighted by molar-refractivity contribution is -0.141. The van der Waals surface area contributed by atoms with Crippen molar-refractivity contribution in [2.45, 2.75) is 38.3 Å². The van der Waals surface area contributed by atoms with Crippen molar-refractivity contribution in [3.63, 3.8) is 0 Å². The molecule has 0 spiro atoms. The summed E-state index contributed by atoms with van der Waals surface area (Å²) in [6.45, 7) is 5.13. The van der Waals surface area contributed by atoms with E-state index in [-0.39, 0.29) is 5.95 Å². The summed E-state index contributed by atoms with van der Waals surface area (Å²) in [5, 5.41) is 9.15. The van der Waals surface area contributed by atoms with E-state index in [1.54, 1.807) is 7.05 Å². The number of alkyl halides is 3. The van der Waals surface area contributed by atoms with Crippen molar-refractivity contribution in [3.8, 4) is 0 Å². The Labute approximate surface area is 164 Å². The van der Waals surface area contributed by atoms with Crippen molar-refractivity contribution in [1.29, 1.82) is 0 Å². The van der Waals surface area contributed by atoms with Gasteiger partial charge in [0.25, 0.3) is 0 Å². The predicted molar refractivity (Wildman–Crippen MR) is 104 cm³/mol. The molecule has 1 saturated heterocycles. The quantitative estimate of drug-likeness (QED) is 0.353. The molecule has 0 atom stereocenters. The van der Waals surface area contributed by atoms with Crippen molar-refractivity contribution in [2.75, 3.05) is 51.6 Å². The molecule has 158 valence electrons. The summed E-state index contributed by atoms with van der Waals surface area (Å²) < 4.78 is 37.9. The minimum absolute atomic E-state index is 0.0444. The van der Waals surface area contributed by atoms with E-state index in [1.165, 1.54) is 38.8 Å². The first-order chi connectivity index (χ1) is 13.5. The molecule has 0 saturated carbocycles. The Bertz CT molecular complexity index is 599. The lowest BCUT2D eigenvalue weighted by Crippen LogP contribution is -2.40. The molecule has 0 amide bonds. The molecule has 7 nitrogen and oxygen atoms in total. The molecule has 0 radical (unpaired) electrons. The van der Waals surface area contributed by atoms with E-state index in [2.05, 4.69) is 35.8 Å². The van der Waals surface area contributed by atoms with Crippen LogP contribution in [0.25, 0.3) is 0 Å². The van der Waals surface area contributed by atoms with Crippen molar-refractivity contribution >= 4 is 11.9 Å². The van der Waals surface area contributed by atoms with Gasteiger partial charge in [-0.25, -0.2) is 9.97 Å². The molecule has 2 rings (SSSR count). The molecule has 3 N–H and O–H groups in total. The Morgan fingerprint density at radius 3 is 2.50 bits per heavy atom. The summed E-state index contributed by atoms with van der Waals surface area (Å²) in [7, 11) is 1.69. The Morgan fingerprint density at radius 2 is 1.82 bits per heavy atom. The molecule has 0 bridgehead atoms. The van der Waals surface area contributed by atoms with Gasteiger partial charge in [-0.15, -0.1) is 0 Å². The number of aromatic nitrogens is 2. The number of rotatable bonds is 8. The van der Waals surface area contributed by atoms with Crippen LogP contribution in [0.15, 0.2) is 17.3 Å². The number of aliphatic imine (C=N–C) groups is 1. The Balaban J connectivity index is 1.60. The zero-order valence-corrected chi connectivity index (χ0v) is 16.4. The van der Waals surface area contributed by atoms with Crippen LogP contribution < -0.4 is 16.0 Å². The maximum atomic E-state index is 12.6. The molecule has 28 heavy (non-hydrogen) atoms. The summed E-state index contributed by atoms with van der Waals surface area (Å²) in [6, 6.07) is 0.848. The van der Waals surface area contributed by atoms with E-state index in [4.69, 9.17) is 0 Å². The molecule has 1 aliphatic heterocycles. The van der Waals surface area contributed by atoms with E-state index in [1.807, 2.05) is 0 Å². The maximum absolute atomic E-state index is 12.6. The highest BCUT2D eigenvalue weighted by Crippen LogP contribution is 2.27. The van der Waals surface area contributed by atoms with Gasteiger partial charge in [0, 0.05) is 32.9 Å². The largest absolute Gasteiger partial charge is 0.433 e. The number of hydrogen-bond donors (Lipinski definition) is 3. The molecular formula is C18H30F3N7. The Hall–Kier alpha value is -2.10. The minimum atomic E-state index is -4.48. The molecular weight excluding hydrogens is 371 g/mol. The van der Waals surface area contributed by atoms with Gasteiger partial charge in [-0.05, 0) is 45.0 Å². The highest BCUT2D eigenvalue weighted by Gasteiger charge is 2.32. The molecule has 0 unspecified atom stereocenters. The second kappa shape index (κ2) is 11.7. The predicted octanol–water partition coefficient (Wildman–Crippen LogP) is 2.34. The number of hydrogen-bond acceptors (Lipinski definition) is 5. The molecule has 1 fully saturated rings. The summed E-state index contributed by atoms with van der Waals surface area (Å²) in [5.74, 6) is 0.625. The fourth-order valence-corrected chi connectivity index (χ4v) is 3.05. The van der Waals surface area contributed by atoms with Crippen LogP contribution in [-0.2, 0) is 6.18 Å². The highest BCUT2D eigenvalue weighted by molar-refractivity contribution is 5.79.